The van der Waals surface area contributed by atoms with E-state index in [0.717, 1.165) is 16.7 Å². The van der Waals surface area contributed by atoms with Crippen LogP contribution in [0.3, 0.4) is 0 Å². The Balaban J connectivity index is 2.70. The molecule has 0 radical (unpaired) electrons. The number of aromatic nitrogens is 2. The number of methoxy groups -OCH3 is 2. The van der Waals surface area contributed by atoms with Crippen LogP contribution < -0.4 is 9.47 Å². The quantitative estimate of drug-likeness (QED) is 0.722. The van der Waals surface area contributed by atoms with Crippen LogP contribution in [0.25, 0.3) is 10.9 Å². The summed E-state index contributed by atoms with van der Waals surface area (Å²) in [4.78, 5) is 0. The van der Waals surface area contributed by atoms with Crippen molar-refractivity contribution in [3.63, 3.8) is 0 Å². The Morgan fingerprint density at radius 2 is 2.00 bits per heavy atom. The molecule has 0 aliphatic heterocycles. The van der Waals surface area contributed by atoms with E-state index in [1.165, 1.54) is 0 Å². The fourth-order valence-electron chi connectivity index (χ4n) is 1.30. The van der Waals surface area contributed by atoms with Crippen LogP contribution in [0.4, 0.5) is 0 Å². The lowest BCUT2D eigenvalue weighted by Gasteiger charge is -2.05. The smallest absolute Gasteiger partial charge is 0.148 e. The lowest BCUT2D eigenvalue weighted by atomic mass is 10.2. The first-order valence-electron chi connectivity index (χ1n) is 4.18. The van der Waals surface area contributed by atoms with Crippen molar-refractivity contribution in [2.45, 2.75) is 0 Å². The van der Waals surface area contributed by atoms with Gasteiger partial charge in [-0.2, -0.15) is 10.2 Å². The molecule has 0 bridgehead atoms. The van der Waals surface area contributed by atoms with Gasteiger partial charge in [0, 0.05) is 5.39 Å². The summed E-state index contributed by atoms with van der Waals surface area (Å²) in [5.41, 5.74) is 0.796. The molecule has 0 amide bonds. The van der Waals surface area contributed by atoms with Gasteiger partial charge in [-0.05, 0) is 18.2 Å². The molecule has 14 heavy (non-hydrogen) atoms. The van der Waals surface area contributed by atoms with Crippen molar-refractivity contribution in [2.75, 3.05) is 14.2 Å². The van der Waals surface area contributed by atoms with E-state index in [9.17, 15) is 0 Å². The van der Waals surface area contributed by atoms with Gasteiger partial charge in [-0.15, -0.1) is 0 Å². The van der Waals surface area contributed by atoms with Gasteiger partial charge in [0.15, 0.2) is 0 Å². The SMILES string of the molecule is COc1ccc2nncc(OC)c2c1. The lowest BCUT2D eigenvalue weighted by molar-refractivity contribution is 0.411. The Morgan fingerprint density at radius 1 is 1.14 bits per heavy atom. The number of hydrogen-bond acceptors (Lipinski definition) is 4. The van der Waals surface area contributed by atoms with E-state index >= 15 is 0 Å². The van der Waals surface area contributed by atoms with Gasteiger partial charge in [0.25, 0.3) is 0 Å². The predicted molar refractivity (Wildman–Crippen MR) is 52.6 cm³/mol. The van der Waals surface area contributed by atoms with E-state index in [-0.39, 0.29) is 0 Å². The van der Waals surface area contributed by atoms with Crippen molar-refractivity contribution in [3.8, 4) is 11.5 Å². The molecular formula is C10H10N2O2. The summed E-state index contributed by atoms with van der Waals surface area (Å²) in [5.74, 6) is 1.48. The van der Waals surface area contributed by atoms with E-state index in [1.54, 1.807) is 20.4 Å². The molecule has 0 atom stereocenters. The molecule has 4 nitrogen and oxygen atoms in total. The average Bonchev–Trinajstić information content (AvgIpc) is 2.27. The van der Waals surface area contributed by atoms with Gasteiger partial charge in [0.2, 0.25) is 0 Å². The second kappa shape index (κ2) is 3.49. The molecule has 2 aromatic rings. The highest BCUT2D eigenvalue weighted by molar-refractivity contribution is 5.85. The van der Waals surface area contributed by atoms with Gasteiger partial charge in [-0.3, -0.25) is 0 Å². The maximum absolute atomic E-state index is 5.17. The van der Waals surface area contributed by atoms with E-state index in [1.807, 2.05) is 18.2 Å². The van der Waals surface area contributed by atoms with Crippen molar-refractivity contribution >= 4 is 10.9 Å². The molecule has 4 heteroatoms. The third kappa shape index (κ3) is 1.35. The Hall–Kier alpha value is -1.84. The van der Waals surface area contributed by atoms with E-state index in [0.29, 0.717) is 5.75 Å². The first-order valence-corrected chi connectivity index (χ1v) is 4.18. The Bertz CT molecular complexity index is 457. The van der Waals surface area contributed by atoms with Gasteiger partial charge in [0.05, 0.1) is 25.9 Å². The minimum atomic E-state index is 0.703. The molecular weight excluding hydrogens is 180 g/mol. The zero-order valence-corrected chi connectivity index (χ0v) is 8.02. The van der Waals surface area contributed by atoms with Crippen molar-refractivity contribution in [1.29, 1.82) is 0 Å². The normalized spacial score (nSPS) is 10.1. The highest BCUT2D eigenvalue weighted by Crippen LogP contribution is 2.26. The molecule has 0 spiro atoms. The molecule has 1 aromatic heterocycles. The van der Waals surface area contributed by atoms with Gasteiger partial charge < -0.3 is 9.47 Å². The van der Waals surface area contributed by atoms with Crippen LogP contribution in [-0.2, 0) is 0 Å². The van der Waals surface area contributed by atoms with Gasteiger partial charge >= 0.3 is 0 Å². The van der Waals surface area contributed by atoms with Crippen LogP contribution in [0.15, 0.2) is 24.4 Å². The zero-order valence-electron chi connectivity index (χ0n) is 8.02. The van der Waals surface area contributed by atoms with Gasteiger partial charge in [-0.1, -0.05) is 0 Å². The van der Waals surface area contributed by atoms with E-state index in [4.69, 9.17) is 9.47 Å². The predicted octanol–water partition coefficient (Wildman–Crippen LogP) is 1.65. The molecule has 0 fully saturated rings. The lowest BCUT2D eigenvalue weighted by Crippen LogP contribution is -1.91. The monoisotopic (exact) mass is 190 g/mol. The van der Waals surface area contributed by atoms with Crippen LogP contribution >= 0.6 is 0 Å². The van der Waals surface area contributed by atoms with Crippen LogP contribution in [0.1, 0.15) is 0 Å². The molecule has 0 aliphatic rings. The van der Waals surface area contributed by atoms with Crippen molar-refractivity contribution in [2.24, 2.45) is 0 Å². The molecule has 0 aliphatic carbocycles. The Morgan fingerprint density at radius 3 is 2.71 bits per heavy atom. The van der Waals surface area contributed by atoms with Crippen molar-refractivity contribution in [3.05, 3.63) is 24.4 Å². The number of rotatable bonds is 2. The summed E-state index contributed by atoms with van der Waals surface area (Å²) in [7, 11) is 3.23. The molecule has 0 N–H and O–H groups in total. The first kappa shape index (κ1) is 8.74. The number of fused-ring (bicyclic) bond motifs is 1. The van der Waals surface area contributed by atoms with Crippen LogP contribution in [-0.4, -0.2) is 24.4 Å². The third-order valence-electron chi connectivity index (χ3n) is 2.03. The van der Waals surface area contributed by atoms with Crippen LogP contribution in [0.2, 0.25) is 0 Å². The number of nitrogens with zero attached hydrogens (tertiary/aromatic N) is 2. The van der Waals surface area contributed by atoms with Crippen molar-refractivity contribution < 1.29 is 9.47 Å². The maximum atomic E-state index is 5.17. The summed E-state index contributed by atoms with van der Waals surface area (Å²) in [6.45, 7) is 0. The summed E-state index contributed by atoms with van der Waals surface area (Å²) >= 11 is 0. The molecule has 1 heterocycles. The summed E-state index contributed by atoms with van der Waals surface area (Å²) in [6, 6.07) is 5.57. The maximum Gasteiger partial charge on any atom is 0.148 e. The second-order valence-corrected chi connectivity index (χ2v) is 2.80. The number of benzene rings is 1. The second-order valence-electron chi connectivity index (χ2n) is 2.80. The van der Waals surface area contributed by atoms with E-state index < -0.39 is 0 Å². The summed E-state index contributed by atoms with van der Waals surface area (Å²) in [6.07, 6.45) is 1.59. The minimum Gasteiger partial charge on any atom is -0.497 e. The van der Waals surface area contributed by atoms with Crippen molar-refractivity contribution in [1.82, 2.24) is 10.2 Å². The summed E-state index contributed by atoms with van der Waals surface area (Å²) < 4.78 is 10.3. The number of hydrogen-bond donors (Lipinski definition) is 0. The molecule has 72 valence electrons. The molecule has 2 rings (SSSR count). The minimum absolute atomic E-state index is 0.703. The highest BCUT2D eigenvalue weighted by atomic mass is 16.5. The van der Waals surface area contributed by atoms with Crippen LogP contribution in [0, 0.1) is 0 Å². The topological polar surface area (TPSA) is 44.2 Å². The Kier molecular flexibility index (Phi) is 2.18. The molecule has 1 aromatic carbocycles. The molecule has 0 unspecified atom stereocenters. The fourth-order valence-corrected chi connectivity index (χ4v) is 1.30. The first-order chi connectivity index (χ1) is 6.85. The zero-order chi connectivity index (χ0) is 9.97. The molecule has 0 saturated heterocycles. The standard InChI is InChI=1S/C10H10N2O2/c1-13-7-3-4-9-8(5-7)10(14-2)6-11-12-9/h3-6H,1-2H3. The largest absolute Gasteiger partial charge is 0.497 e. The van der Waals surface area contributed by atoms with Gasteiger partial charge in [-0.25, -0.2) is 0 Å². The molecule has 0 saturated carbocycles. The average molecular weight is 190 g/mol. The number of ether oxygens (including phenoxy) is 2. The summed E-state index contributed by atoms with van der Waals surface area (Å²) in [5, 5.41) is 8.71. The van der Waals surface area contributed by atoms with E-state index in [2.05, 4.69) is 10.2 Å². The van der Waals surface area contributed by atoms with Gasteiger partial charge in [0.1, 0.15) is 11.5 Å². The third-order valence-corrected chi connectivity index (χ3v) is 2.03. The Labute approximate surface area is 81.5 Å². The van der Waals surface area contributed by atoms with Crippen LogP contribution in [0.5, 0.6) is 11.5 Å². The highest BCUT2D eigenvalue weighted by Gasteiger charge is 2.03. The fraction of sp³-hybridized carbons (Fsp3) is 0.200.